The van der Waals surface area contributed by atoms with E-state index in [4.69, 9.17) is 11.6 Å². The fraction of sp³-hybridized carbons (Fsp3) is 0.182. The number of aromatic nitrogens is 2. The minimum absolute atomic E-state index is 0.0254. The summed E-state index contributed by atoms with van der Waals surface area (Å²) in [5.41, 5.74) is 0.603. The Labute approximate surface area is 122 Å². The number of rotatable bonds is 4. The molecule has 0 aliphatic carbocycles. The molecule has 1 atom stereocenters. The highest BCUT2D eigenvalue weighted by molar-refractivity contribution is 7.17. The molecule has 20 heavy (non-hydrogen) atoms. The molecule has 0 saturated carbocycles. The minimum Gasteiger partial charge on any atom is -0.343 e. The van der Waals surface area contributed by atoms with Crippen molar-refractivity contribution >= 4 is 34.5 Å². The zero-order chi connectivity index (χ0) is 14.7. The van der Waals surface area contributed by atoms with E-state index in [1.54, 1.807) is 19.1 Å². The Morgan fingerprint density at radius 3 is 2.85 bits per heavy atom. The first-order chi connectivity index (χ1) is 9.47. The van der Waals surface area contributed by atoms with Gasteiger partial charge in [0.05, 0.1) is 11.0 Å². The number of carbonyl (C=O) groups is 1. The van der Waals surface area contributed by atoms with Crippen LogP contribution in [0.5, 0.6) is 0 Å². The third-order valence-corrected chi connectivity index (χ3v) is 3.54. The Hall–Kier alpha value is -2.06. The first kappa shape index (κ1) is 14.4. The first-order valence-corrected chi connectivity index (χ1v) is 6.71. The van der Waals surface area contributed by atoms with Gasteiger partial charge in [0.25, 0.3) is 11.6 Å². The third kappa shape index (κ3) is 3.28. The second kappa shape index (κ2) is 5.93. The first-order valence-electron chi connectivity index (χ1n) is 5.51. The number of halogens is 1. The maximum absolute atomic E-state index is 11.9. The molecular weight excluding hydrogens is 304 g/mol. The molecule has 1 aromatic carbocycles. The summed E-state index contributed by atoms with van der Waals surface area (Å²) >= 11 is 6.57. The van der Waals surface area contributed by atoms with Crippen molar-refractivity contribution < 1.29 is 9.72 Å². The molecule has 104 valence electrons. The Bertz CT molecular complexity index is 661. The average molecular weight is 313 g/mol. The van der Waals surface area contributed by atoms with E-state index < -0.39 is 16.9 Å². The van der Waals surface area contributed by atoms with Crippen LogP contribution in [-0.2, 0) is 0 Å². The van der Waals surface area contributed by atoms with Crippen molar-refractivity contribution in [3.05, 3.63) is 49.4 Å². The number of nitrogens with zero attached hydrogens (tertiary/aromatic N) is 3. The maximum Gasteiger partial charge on any atom is 0.282 e. The van der Waals surface area contributed by atoms with Crippen LogP contribution < -0.4 is 5.32 Å². The van der Waals surface area contributed by atoms with Crippen LogP contribution in [0.2, 0.25) is 4.47 Å². The highest BCUT2D eigenvalue weighted by Crippen LogP contribution is 2.20. The van der Waals surface area contributed by atoms with E-state index in [0.29, 0.717) is 5.56 Å². The number of benzene rings is 1. The van der Waals surface area contributed by atoms with Gasteiger partial charge in [-0.3, -0.25) is 14.9 Å². The van der Waals surface area contributed by atoms with Crippen molar-refractivity contribution in [1.82, 2.24) is 15.5 Å². The van der Waals surface area contributed by atoms with E-state index in [1.165, 1.54) is 12.1 Å². The number of amides is 1. The number of hydrogen-bond donors (Lipinski definition) is 1. The van der Waals surface area contributed by atoms with Crippen molar-refractivity contribution in [2.75, 3.05) is 0 Å². The van der Waals surface area contributed by atoms with Crippen molar-refractivity contribution in [2.24, 2.45) is 0 Å². The molecule has 1 unspecified atom stereocenters. The topological polar surface area (TPSA) is 98.0 Å². The quantitative estimate of drug-likeness (QED) is 0.691. The van der Waals surface area contributed by atoms with Crippen LogP contribution in [0.3, 0.4) is 0 Å². The van der Waals surface area contributed by atoms with Gasteiger partial charge in [0, 0.05) is 12.1 Å². The fourth-order valence-corrected chi connectivity index (χ4v) is 2.28. The van der Waals surface area contributed by atoms with Gasteiger partial charge in [-0.1, -0.05) is 23.5 Å². The summed E-state index contributed by atoms with van der Waals surface area (Å²) in [4.78, 5) is 22.1. The summed E-state index contributed by atoms with van der Waals surface area (Å²) in [5.74, 6) is -0.423. The number of carbonyl (C=O) groups excluding carboxylic acids is 1. The second-order valence-electron chi connectivity index (χ2n) is 3.91. The largest absolute Gasteiger partial charge is 0.343 e. The summed E-state index contributed by atoms with van der Waals surface area (Å²) in [6.07, 6.45) is 0. The number of nitrogens with one attached hydrogen (secondary N) is 1. The van der Waals surface area contributed by atoms with E-state index in [1.807, 2.05) is 0 Å². The maximum atomic E-state index is 11.9. The standard InChI is InChI=1S/C11H9ClN4O3S/c1-6(7-3-2-4-8(5-7)16(18)19)13-9(17)10-14-15-11(12)20-10/h2-6H,1H3,(H,13,17). The van der Waals surface area contributed by atoms with Crippen LogP contribution in [0, 0.1) is 10.1 Å². The molecule has 0 fully saturated rings. The summed E-state index contributed by atoms with van der Waals surface area (Å²) in [6, 6.07) is 5.67. The van der Waals surface area contributed by atoms with Crippen LogP contribution in [0.25, 0.3) is 0 Å². The van der Waals surface area contributed by atoms with Gasteiger partial charge in [-0.05, 0) is 24.1 Å². The van der Waals surface area contributed by atoms with Crippen molar-refractivity contribution in [1.29, 1.82) is 0 Å². The summed E-state index contributed by atoms with van der Waals surface area (Å²) in [6.45, 7) is 1.72. The molecule has 1 aromatic heterocycles. The highest BCUT2D eigenvalue weighted by atomic mass is 35.5. The van der Waals surface area contributed by atoms with Crippen molar-refractivity contribution in [3.63, 3.8) is 0 Å². The van der Waals surface area contributed by atoms with Gasteiger partial charge in [-0.15, -0.1) is 10.2 Å². The molecule has 1 heterocycles. The number of nitro benzene ring substituents is 1. The normalized spacial score (nSPS) is 11.9. The van der Waals surface area contributed by atoms with Gasteiger partial charge in [-0.25, -0.2) is 0 Å². The average Bonchev–Trinajstić information content (AvgIpc) is 2.85. The molecule has 9 heteroatoms. The summed E-state index contributed by atoms with van der Waals surface area (Å²) < 4.78 is 0.179. The van der Waals surface area contributed by atoms with E-state index >= 15 is 0 Å². The highest BCUT2D eigenvalue weighted by Gasteiger charge is 2.17. The molecule has 0 saturated heterocycles. The van der Waals surface area contributed by atoms with Gasteiger partial charge in [-0.2, -0.15) is 0 Å². The predicted molar refractivity (Wildman–Crippen MR) is 73.9 cm³/mol. The van der Waals surface area contributed by atoms with Gasteiger partial charge < -0.3 is 5.32 Å². The van der Waals surface area contributed by atoms with E-state index in [2.05, 4.69) is 15.5 Å². The third-order valence-electron chi connectivity index (χ3n) is 2.52. The van der Waals surface area contributed by atoms with E-state index in [-0.39, 0.29) is 15.2 Å². The lowest BCUT2D eigenvalue weighted by atomic mass is 10.1. The van der Waals surface area contributed by atoms with Crippen LogP contribution in [0.4, 0.5) is 5.69 Å². The molecular formula is C11H9ClN4O3S. The van der Waals surface area contributed by atoms with Crippen LogP contribution in [0.15, 0.2) is 24.3 Å². The zero-order valence-corrected chi connectivity index (χ0v) is 11.8. The van der Waals surface area contributed by atoms with E-state index in [0.717, 1.165) is 11.3 Å². The Kier molecular flexibility index (Phi) is 4.26. The molecule has 1 amide bonds. The van der Waals surface area contributed by atoms with E-state index in [9.17, 15) is 14.9 Å². The fourth-order valence-electron chi connectivity index (χ4n) is 1.55. The molecule has 2 aromatic rings. The lowest BCUT2D eigenvalue weighted by Gasteiger charge is -2.12. The molecule has 0 spiro atoms. The Morgan fingerprint density at radius 2 is 2.25 bits per heavy atom. The lowest BCUT2D eigenvalue weighted by molar-refractivity contribution is -0.384. The molecule has 0 radical (unpaired) electrons. The zero-order valence-electron chi connectivity index (χ0n) is 10.2. The van der Waals surface area contributed by atoms with Crippen LogP contribution in [-0.4, -0.2) is 21.0 Å². The molecule has 0 bridgehead atoms. The Morgan fingerprint density at radius 1 is 1.50 bits per heavy atom. The predicted octanol–water partition coefficient (Wildman–Crippen LogP) is 2.59. The number of non-ortho nitro benzene ring substituents is 1. The number of nitro groups is 1. The summed E-state index contributed by atoms with van der Waals surface area (Å²) in [5, 5.41) is 20.7. The minimum atomic E-state index is -0.484. The number of hydrogen-bond acceptors (Lipinski definition) is 6. The summed E-state index contributed by atoms with van der Waals surface area (Å²) in [7, 11) is 0. The van der Waals surface area contributed by atoms with Gasteiger partial charge in [0.15, 0.2) is 0 Å². The SMILES string of the molecule is CC(NC(=O)c1nnc(Cl)s1)c1cccc([N+](=O)[O-])c1. The molecule has 1 N–H and O–H groups in total. The van der Waals surface area contributed by atoms with Crippen molar-refractivity contribution in [3.8, 4) is 0 Å². The second-order valence-corrected chi connectivity index (χ2v) is 5.47. The monoisotopic (exact) mass is 312 g/mol. The van der Waals surface area contributed by atoms with Gasteiger partial charge in [0.2, 0.25) is 9.47 Å². The van der Waals surface area contributed by atoms with Gasteiger partial charge >= 0.3 is 0 Å². The van der Waals surface area contributed by atoms with Crippen LogP contribution in [0.1, 0.15) is 28.3 Å². The smallest absolute Gasteiger partial charge is 0.282 e. The van der Waals surface area contributed by atoms with Crippen molar-refractivity contribution in [2.45, 2.75) is 13.0 Å². The molecule has 0 aliphatic rings. The lowest BCUT2D eigenvalue weighted by Crippen LogP contribution is -2.26. The van der Waals surface area contributed by atoms with Gasteiger partial charge in [0.1, 0.15) is 0 Å². The van der Waals surface area contributed by atoms with Crippen LogP contribution >= 0.6 is 22.9 Å². The molecule has 2 rings (SSSR count). The Balaban J connectivity index is 2.12. The molecule has 7 nitrogen and oxygen atoms in total. The molecule has 0 aliphatic heterocycles.